The van der Waals surface area contributed by atoms with Crippen molar-refractivity contribution in [3.05, 3.63) is 59.7 Å². The number of carbonyl (C=O) groups is 3. The molecule has 1 aliphatic rings. The Morgan fingerprint density at radius 2 is 1.61 bits per heavy atom. The zero-order chi connectivity index (χ0) is 24.0. The van der Waals surface area contributed by atoms with Gasteiger partial charge in [-0.05, 0) is 28.2 Å². The molecule has 1 aliphatic carbocycles. The van der Waals surface area contributed by atoms with Gasteiger partial charge in [-0.1, -0.05) is 55.5 Å². The van der Waals surface area contributed by atoms with Crippen molar-refractivity contribution in [3.63, 3.8) is 0 Å². The molecule has 0 heterocycles. The molecule has 176 valence electrons. The number of aliphatic carboxylic acids is 1. The second-order valence-electron chi connectivity index (χ2n) is 8.10. The van der Waals surface area contributed by atoms with E-state index in [0.717, 1.165) is 22.3 Å². The summed E-state index contributed by atoms with van der Waals surface area (Å²) in [5.41, 5.74) is 4.10. The molecule has 7 nitrogen and oxygen atoms in total. The number of hydrogen-bond donors (Lipinski definition) is 3. The number of rotatable bonds is 10. The second kappa shape index (κ2) is 10.9. The molecule has 0 aliphatic heterocycles. The van der Waals surface area contributed by atoms with Crippen LogP contribution < -0.4 is 10.6 Å². The summed E-state index contributed by atoms with van der Waals surface area (Å²) in [4.78, 5) is 35.4. The summed E-state index contributed by atoms with van der Waals surface area (Å²) < 4.78 is 31.3. The highest BCUT2D eigenvalue weighted by atomic mass is 19.3. The van der Waals surface area contributed by atoms with Crippen molar-refractivity contribution >= 4 is 18.0 Å². The Morgan fingerprint density at radius 1 is 1.03 bits per heavy atom. The number of carboxylic acid groups (broad SMARTS) is 1. The van der Waals surface area contributed by atoms with Gasteiger partial charge in [0.15, 0.2) is 0 Å². The van der Waals surface area contributed by atoms with Gasteiger partial charge in [-0.3, -0.25) is 9.59 Å². The zero-order valence-corrected chi connectivity index (χ0v) is 18.1. The Balaban J connectivity index is 1.60. The Labute approximate surface area is 190 Å². The van der Waals surface area contributed by atoms with Crippen LogP contribution in [-0.2, 0) is 14.3 Å². The Hall–Kier alpha value is -3.49. The van der Waals surface area contributed by atoms with Gasteiger partial charge in [0.25, 0.3) is 0 Å². The smallest absolute Gasteiger partial charge is 0.407 e. The van der Waals surface area contributed by atoms with Crippen LogP contribution in [-0.4, -0.2) is 48.7 Å². The van der Waals surface area contributed by atoms with Crippen molar-refractivity contribution in [2.24, 2.45) is 5.92 Å². The van der Waals surface area contributed by atoms with Crippen molar-refractivity contribution in [1.82, 2.24) is 10.6 Å². The summed E-state index contributed by atoms with van der Waals surface area (Å²) in [6.45, 7) is 1.57. The largest absolute Gasteiger partial charge is 0.481 e. The monoisotopic (exact) mass is 460 g/mol. The van der Waals surface area contributed by atoms with E-state index in [1.807, 2.05) is 48.5 Å². The lowest BCUT2D eigenvalue weighted by molar-refractivity contribution is -0.138. The van der Waals surface area contributed by atoms with Crippen molar-refractivity contribution < 1.29 is 33.0 Å². The third-order valence-corrected chi connectivity index (χ3v) is 5.51. The van der Waals surface area contributed by atoms with Crippen molar-refractivity contribution in [3.8, 4) is 11.1 Å². The predicted molar refractivity (Wildman–Crippen MR) is 117 cm³/mol. The van der Waals surface area contributed by atoms with E-state index in [-0.39, 0.29) is 25.5 Å². The number of carboxylic acids is 1. The molecule has 3 rings (SSSR count). The number of nitrogens with one attached hydrogen (secondary N) is 2. The van der Waals surface area contributed by atoms with Gasteiger partial charge < -0.3 is 20.5 Å². The van der Waals surface area contributed by atoms with E-state index in [0.29, 0.717) is 0 Å². The normalized spacial score (nSPS) is 14.2. The molecule has 0 saturated carbocycles. The van der Waals surface area contributed by atoms with E-state index in [4.69, 9.17) is 9.84 Å². The number of ether oxygens (including phenoxy) is 1. The van der Waals surface area contributed by atoms with Crippen molar-refractivity contribution in [2.45, 2.75) is 38.2 Å². The summed E-state index contributed by atoms with van der Waals surface area (Å²) in [5.74, 6) is -2.45. The van der Waals surface area contributed by atoms with Gasteiger partial charge in [0.05, 0.1) is 0 Å². The van der Waals surface area contributed by atoms with Gasteiger partial charge in [0.2, 0.25) is 12.3 Å². The highest BCUT2D eigenvalue weighted by molar-refractivity contribution is 5.85. The molecule has 9 heteroatoms. The molecule has 0 saturated heterocycles. The lowest BCUT2D eigenvalue weighted by Crippen LogP contribution is -2.48. The maximum Gasteiger partial charge on any atom is 0.407 e. The highest BCUT2D eigenvalue weighted by Gasteiger charge is 2.30. The Bertz CT molecular complexity index is 968. The standard InChI is InChI=1S/C24H26F2N2O5/c1-14(10-22(29)30)12-27-23(31)20(11-21(25)26)28-24(32)33-13-19-17-8-4-2-6-15(17)16-7-3-5-9-18(16)19/h2-9,14,19-21H,10-13H2,1H3,(H,27,31)(H,28,32)(H,29,30). The van der Waals surface area contributed by atoms with Crippen LogP contribution in [0.3, 0.4) is 0 Å². The number of benzene rings is 2. The maximum absolute atomic E-state index is 13.0. The molecule has 2 aromatic carbocycles. The van der Waals surface area contributed by atoms with Crippen LogP contribution in [0.15, 0.2) is 48.5 Å². The summed E-state index contributed by atoms with van der Waals surface area (Å²) >= 11 is 0. The molecule has 33 heavy (non-hydrogen) atoms. The first-order chi connectivity index (χ1) is 15.8. The number of hydrogen-bond acceptors (Lipinski definition) is 4. The van der Waals surface area contributed by atoms with Crippen LogP contribution in [0.1, 0.15) is 36.8 Å². The molecule has 2 atom stereocenters. The summed E-state index contributed by atoms with van der Waals surface area (Å²) in [7, 11) is 0. The zero-order valence-electron chi connectivity index (χ0n) is 18.1. The number of fused-ring (bicyclic) bond motifs is 3. The molecule has 2 unspecified atom stereocenters. The van der Waals surface area contributed by atoms with E-state index in [1.165, 1.54) is 0 Å². The van der Waals surface area contributed by atoms with Crippen LogP contribution in [0.25, 0.3) is 11.1 Å². The number of alkyl carbamates (subject to hydrolysis) is 1. The topological polar surface area (TPSA) is 105 Å². The van der Waals surface area contributed by atoms with E-state index < -0.39 is 42.8 Å². The van der Waals surface area contributed by atoms with Gasteiger partial charge in [0.1, 0.15) is 12.6 Å². The van der Waals surface area contributed by atoms with E-state index in [2.05, 4.69) is 10.6 Å². The minimum absolute atomic E-state index is 0.0154. The maximum atomic E-state index is 13.0. The molecule has 0 bridgehead atoms. The first kappa shape index (κ1) is 24.2. The first-order valence-corrected chi connectivity index (χ1v) is 10.7. The molecule has 0 aromatic heterocycles. The highest BCUT2D eigenvalue weighted by Crippen LogP contribution is 2.44. The van der Waals surface area contributed by atoms with Crippen molar-refractivity contribution in [1.29, 1.82) is 0 Å². The third kappa shape index (κ3) is 6.27. The fourth-order valence-corrected chi connectivity index (χ4v) is 3.96. The minimum atomic E-state index is -2.83. The summed E-state index contributed by atoms with van der Waals surface area (Å²) in [5, 5.41) is 13.4. The summed E-state index contributed by atoms with van der Waals surface area (Å²) in [6, 6.07) is 14.0. The van der Waals surface area contributed by atoms with E-state index >= 15 is 0 Å². The van der Waals surface area contributed by atoms with Gasteiger partial charge >= 0.3 is 12.1 Å². The SMILES string of the molecule is CC(CNC(=O)C(CC(F)F)NC(=O)OCC1c2ccccc2-c2ccccc21)CC(=O)O. The molecule has 0 fully saturated rings. The second-order valence-corrected chi connectivity index (χ2v) is 8.10. The average molecular weight is 460 g/mol. The quantitative estimate of drug-likeness (QED) is 0.501. The number of amides is 2. The van der Waals surface area contributed by atoms with Crippen LogP contribution in [0.2, 0.25) is 0 Å². The molecule has 0 radical (unpaired) electrons. The first-order valence-electron chi connectivity index (χ1n) is 10.7. The summed E-state index contributed by atoms with van der Waals surface area (Å²) in [6.07, 6.45) is -4.87. The molecule has 0 spiro atoms. The lowest BCUT2D eigenvalue weighted by Gasteiger charge is -2.20. The van der Waals surface area contributed by atoms with Gasteiger partial charge in [-0.15, -0.1) is 0 Å². The van der Waals surface area contributed by atoms with Crippen molar-refractivity contribution in [2.75, 3.05) is 13.2 Å². The van der Waals surface area contributed by atoms with Gasteiger partial charge in [0, 0.05) is 25.3 Å². The van der Waals surface area contributed by atoms with Gasteiger partial charge in [-0.25, -0.2) is 13.6 Å². The lowest BCUT2D eigenvalue weighted by atomic mass is 9.98. The molecular weight excluding hydrogens is 434 g/mol. The fourth-order valence-electron chi connectivity index (χ4n) is 3.96. The van der Waals surface area contributed by atoms with E-state index in [1.54, 1.807) is 6.92 Å². The third-order valence-electron chi connectivity index (χ3n) is 5.51. The van der Waals surface area contributed by atoms with Gasteiger partial charge in [-0.2, -0.15) is 0 Å². The molecule has 2 aromatic rings. The minimum Gasteiger partial charge on any atom is -0.481 e. The molecular formula is C24H26F2N2O5. The molecule has 3 N–H and O–H groups in total. The van der Waals surface area contributed by atoms with Crippen LogP contribution in [0, 0.1) is 5.92 Å². The van der Waals surface area contributed by atoms with E-state index in [9.17, 15) is 23.2 Å². The van der Waals surface area contributed by atoms with Crippen LogP contribution in [0.5, 0.6) is 0 Å². The average Bonchev–Trinajstić information content (AvgIpc) is 3.08. The van der Waals surface area contributed by atoms with Crippen LogP contribution in [0.4, 0.5) is 13.6 Å². The number of halogens is 2. The Kier molecular flexibility index (Phi) is 7.97. The fraction of sp³-hybridized carbons (Fsp3) is 0.375. The predicted octanol–water partition coefficient (Wildman–Crippen LogP) is 3.78. The Morgan fingerprint density at radius 3 is 2.15 bits per heavy atom. The number of alkyl halides is 2. The van der Waals surface area contributed by atoms with Crippen LogP contribution >= 0.6 is 0 Å². The number of carbonyl (C=O) groups excluding carboxylic acids is 2. The molecule has 2 amide bonds.